The summed E-state index contributed by atoms with van der Waals surface area (Å²) in [4.78, 5) is 21.9. The van der Waals surface area contributed by atoms with Crippen molar-refractivity contribution in [3.05, 3.63) is 93.9 Å². The number of nitrogens with one attached hydrogen (secondary N) is 2. The molecule has 0 bridgehead atoms. The largest absolute Gasteiger partial charge is 0.379 e. The lowest BCUT2D eigenvalue weighted by Gasteiger charge is -2.29. The van der Waals surface area contributed by atoms with Crippen LogP contribution in [0.15, 0.2) is 71.5 Å². The number of allylic oxidation sites excluding steroid dienone is 1. The van der Waals surface area contributed by atoms with Crippen LogP contribution in [-0.4, -0.2) is 19.6 Å². The molecule has 6 heteroatoms. The number of aryl methyl sites for hydroxylation is 1. The predicted molar refractivity (Wildman–Crippen MR) is 135 cm³/mol. The van der Waals surface area contributed by atoms with E-state index in [4.69, 9.17) is 0 Å². The van der Waals surface area contributed by atoms with Gasteiger partial charge in [-0.25, -0.2) is 4.98 Å². The Morgan fingerprint density at radius 3 is 2.52 bits per heavy atom. The SMILES string of the molecule is C=C(C)C(C)(CC)c1ccc(-c2nc3nc(CNc4ccccc4CC)cc(=O)n3[nH]2)cc1. The van der Waals surface area contributed by atoms with Gasteiger partial charge in [0.25, 0.3) is 11.3 Å². The van der Waals surface area contributed by atoms with Crippen LogP contribution in [0.4, 0.5) is 5.69 Å². The number of aromatic nitrogens is 4. The molecule has 4 aromatic rings. The van der Waals surface area contributed by atoms with E-state index in [1.807, 2.05) is 30.3 Å². The molecule has 0 fully saturated rings. The molecule has 1 atom stereocenters. The monoisotopic (exact) mass is 441 g/mol. The summed E-state index contributed by atoms with van der Waals surface area (Å²) in [6, 6.07) is 18.0. The number of aromatic amines is 1. The van der Waals surface area contributed by atoms with Crippen LogP contribution >= 0.6 is 0 Å². The van der Waals surface area contributed by atoms with Gasteiger partial charge in [0.1, 0.15) is 0 Å². The van der Waals surface area contributed by atoms with Gasteiger partial charge < -0.3 is 5.32 Å². The molecular weight excluding hydrogens is 410 g/mol. The first-order chi connectivity index (χ1) is 15.9. The highest BCUT2D eigenvalue weighted by atomic mass is 16.1. The molecule has 170 valence electrons. The average Bonchev–Trinajstić information content (AvgIpc) is 3.27. The molecule has 6 nitrogen and oxygen atoms in total. The zero-order valence-corrected chi connectivity index (χ0v) is 19.8. The summed E-state index contributed by atoms with van der Waals surface area (Å²) >= 11 is 0. The fraction of sp³-hybridized carbons (Fsp3) is 0.296. The Balaban J connectivity index is 1.60. The van der Waals surface area contributed by atoms with Gasteiger partial charge in [-0.15, -0.1) is 0 Å². The number of para-hydroxylation sites is 1. The van der Waals surface area contributed by atoms with Gasteiger partial charge in [0.05, 0.1) is 12.2 Å². The van der Waals surface area contributed by atoms with E-state index >= 15 is 0 Å². The van der Waals surface area contributed by atoms with Gasteiger partial charge in [-0.3, -0.25) is 9.89 Å². The maximum absolute atomic E-state index is 12.7. The van der Waals surface area contributed by atoms with Gasteiger partial charge in [-0.05, 0) is 37.0 Å². The minimum absolute atomic E-state index is 0.0663. The smallest absolute Gasteiger partial charge is 0.274 e. The minimum atomic E-state index is -0.184. The Kier molecular flexibility index (Phi) is 6.18. The Hall–Kier alpha value is -3.67. The first-order valence-corrected chi connectivity index (χ1v) is 11.4. The van der Waals surface area contributed by atoms with E-state index in [2.05, 4.69) is 72.9 Å². The summed E-state index contributed by atoms with van der Waals surface area (Å²) < 4.78 is 1.39. The van der Waals surface area contributed by atoms with E-state index < -0.39 is 0 Å². The fourth-order valence-corrected chi connectivity index (χ4v) is 4.08. The summed E-state index contributed by atoms with van der Waals surface area (Å²) in [5, 5.41) is 6.48. The molecule has 0 radical (unpaired) electrons. The second kappa shape index (κ2) is 9.06. The number of benzene rings is 2. The summed E-state index contributed by atoms with van der Waals surface area (Å²) in [5.74, 6) is 0.976. The van der Waals surface area contributed by atoms with Crippen molar-refractivity contribution in [2.45, 2.75) is 52.5 Å². The molecule has 0 aliphatic carbocycles. The molecule has 2 aromatic carbocycles. The topological polar surface area (TPSA) is 75.1 Å². The molecule has 0 aliphatic heterocycles. The number of H-pyrrole nitrogens is 1. The molecule has 0 spiro atoms. The molecule has 2 aromatic heterocycles. The molecule has 0 aliphatic rings. The lowest BCUT2D eigenvalue weighted by atomic mass is 9.75. The van der Waals surface area contributed by atoms with Crippen molar-refractivity contribution < 1.29 is 0 Å². The van der Waals surface area contributed by atoms with E-state index in [1.54, 1.807) is 6.07 Å². The van der Waals surface area contributed by atoms with E-state index in [-0.39, 0.29) is 11.0 Å². The third kappa shape index (κ3) is 4.33. The lowest BCUT2D eigenvalue weighted by Crippen LogP contribution is -2.21. The van der Waals surface area contributed by atoms with Crippen molar-refractivity contribution in [1.29, 1.82) is 0 Å². The predicted octanol–water partition coefficient (Wildman–Crippen LogP) is 5.50. The second-order valence-electron chi connectivity index (χ2n) is 8.70. The van der Waals surface area contributed by atoms with Crippen molar-refractivity contribution in [3.8, 4) is 11.4 Å². The first kappa shape index (κ1) is 22.5. The molecule has 1 unspecified atom stereocenters. The van der Waals surface area contributed by atoms with Crippen LogP contribution in [0.3, 0.4) is 0 Å². The van der Waals surface area contributed by atoms with Crippen LogP contribution in [-0.2, 0) is 18.4 Å². The molecule has 33 heavy (non-hydrogen) atoms. The third-order valence-corrected chi connectivity index (χ3v) is 6.69. The normalized spacial score (nSPS) is 13.1. The Morgan fingerprint density at radius 1 is 1.12 bits per heavy atom. The summed E-state index contributed by atoms with van der Waals surface area (Å²) in [7, 11) is 0. The second-order valence-corrected chi connectivity index (χ2v) is 8.70. The van der Waals surface area contributed by atoms with Crippen LogP contribution < -0.4 is 10.9 Å². The summed E-state index contributed by atoms with van der Waals surface area (Å²) in [6.07, 6.45) is 1.91. The van der Waals surface area contributed by atoms with Crippen LogP contribution in [0.2, 0.25) is 0 Å². The third-order valence-electron chi connectivity index (χ3n) is 6.69. The number of rotatable bonds is 8. The van der Waals surface area contributed by atoms with Crippen LogP contribution in [0, 0.1) is 0 Å². The molecule has 0 amide bonds. The average molecular weight is 442 g/mol. The molecule has 2 N–H and O–H groups in total. The number of anilines is 1. The van der Waals surface area contributed by atoms with Gasteiger partial charge in [-0.2, -0.15) is 9.50 Å². The first-order valence-electron chi connectivity index (χ1n) is 11.4. The summed E-state index contributed by atoms with van der Waals surface area (Å²) in [5.41, 5.74) is 5.94. The maximum Gasteiger partial charge on any atom is 0.274 e. The molecule has 0 saturated carbocycles. The zero-order valence-electron chi connectivity index (χ0n) is 19.8. The van der Waals surface area contributed by atoms with Crippen LogP contribution in [0.1, 0.15) is 50.9 Å². The van der Waals surface area contributed by atoms with Gasteiger partial charge >= 0.3 is 0 Å². The Labute approximate surface area is 194 Å². The van der Waals surface area contributed by atoms with Crippen LogP contribution in [0.25, 0.3) is 17.2 Å². The number of fused-ring (bicyclic) bond motifs is 1. The number of nitrogens with zero attached hydrogens (tertiary/aromatic N) is 3. The van der Waals surface area contributed by atoms with Crippen molar-refractivity contribution in [2.24, 2.45) is 0 Å². The maximum atomic E-state index is 12.7. The van der Waals surface area contributed by atoms with E-state index in [0.717, 1.165) is 29.7 Å². The van der Waals surface area contributed by atoms with E-state index in [0.29, 0.717) is 23.8 Å². The van der Waals surface area contributed by atoms with Crippen molar-refractivity contribution in [3.63, 3.8) is 0 Å². The highest BCUT2D eigenvalue weighted by Gasteiger charge is 2.25. The minimum Gasteiger partial charge on any atom is -0.379 e. The molecular formula is C27H31N5O. The van der Waals surface area contributed by atoms with Crippen LogP contribution in [0.5, 0.6) is 0 Å². The number of hydrogen-bond acceptors (Lipinski definition) is 4. The van der Waals surface area contributed by atoms with E-state index in [1.165, 1.54) is 15.6 Å². The highest BCUT2D eigenvalue weighted by Crippen LogP contribution is 2.34. The number of hydrogen-bond donors (Lipinski definition) is 2. The van der Waals surface area contributed by atoms with Gasteiger partial charge in [-0.1, -0.05) is 75.4 Å². The van der Waals surface area contributed by atoms with Crippen molar-refractivity contribution in [2.75, 3.05) is 5.32 Å². The zero-order chi connectivity index (χ0) is 23.6. The summed E-state index contributed by atoms with van der Waals surface area (Å²) in [6.45, 7) is 13.2. The fourth-order valence-electron chi connectivity index (χ4n) is 4.08. The highest BCUT2D eigenvalue weighted by molar-refractivity contribution is 5.58. The van der Waals surface area contributed by atoms with Crippen molar-refractivity contribution >= 4 is 11.5 Å². The van der Waals surface area contributed by atoms with Gasteiger partial charge in [0.15, 0.2) is 5.82 Å². The Morgan fingerprint density at radius 2 is 1.85 bits per heavy atom. The molecule has 2 heterocycles. The lowest BCUT2D eigenvalue weighted by molar-refractivity contribution is 0.538. The molecule has 4 rings (SSSR count). The Bertz CT molecular complexity index is 1350. The molecule has 0 saturated heterocycles. The van der Waals surface area contributed by atoms with Gasteiger partial charge in [0, 0.05) is 22.7 Å². The standard InChI is InChI=1S/C27H31N5O/c1-6-19-10-8-9-11-23(19)28-17-22-16-24(33)32-26(29-22)30-25(31-32)20-12-14-21(15-13-20)27(5,7-2)18(3)4/h8-16,28H,3,6-7,17H2,1-2,4-5H3,(H,29,30,31). The van der Waals surface area contributed by atoms with Gasteiger partial charge in [0.2, 0.25) is 0 Å². The van der Waals surface area contributed by atoms with E-state index in [9.17, 15) is 4.79 Å². The quantitative estimate of drug-likeness (QED) is 0.354. The van der Waals surface area contributed by atoms with Crippen molar-refractivity contribution in [1.82, 2.24) is 19.6 Å².